The third kappa shape index (κ3) is 7.08. The van der Waals surface area contributed by atoms with Crippen LogP contribution in [0, 0.1) is 5.92 Å². The predicted molar refractivity (Wildman–Crippen MR) is 93.5 cm³/mol. The van der Waals surface area contributed by atoms with Crippen LogP contribution in [0.25, 0.3) is 0 Å². The number of carbonyl (C=O) groups is 1. The Balaban J connectivity index is 2.55. The van der Waals surface area contributed by atoms with Crippen molar-refractivity contribution in [3.8, 4) is 0 Å². The molecule has 5 nitrogen and oxygen atoms in total. The van der Waals surface area contributed by atoms with Gasteiger partial charge in [-0.25, -0.2) is 4.79 Å². The van der Waals surface area contributed by atoms with Crippen molar-refractivity contribution in [2.45, 2.75) is 91.0 Å². The molecule has 1 rings (SSSR count). The van der Waals surface area contributed by atoms with E-state index in [9.17, 15) is 9.90 Å². The topological polar surface area (TPSA) is 61.8 Å². The minimum Gasteiger partial charge on any atom is -0.444 e. The normalized spacial score (nSPS) is 21.6. The van der Waals surface area contributed by atoms with Gasteiger partial charge in [0.1, 0.15) is 5.60 Å². The van der Waals surface area contributed by atoms with Gasteiger partial charge < -0.3 is 20.1 Å². The second kappa shape index (κ2) is 8.88. The number of nitrogens with one attached hydrogen (secondary N) is 1. The molecule has 0 spiro atoms. The largest absolute Gasteiger partial charge is 0.444 e. The lowest BCUT2D eigenvalue weighted by Crippen LogP contribution is -2.45. The van der Waals surface area contributed by atoms with E-state index in [-0.39, 0.29) is 18.7 Å². The quantitative estimate of drug-likeness (QED) is 0.753. The van der Waals surface area contributed by atoms with E-state index in [1.807, 2.05) is 25.7 Å². The number of hydrogen-bond donors (Lipinski definition) is 2. The zero-order valence-electron chi connectivity index (χ0n) is 15.8. The molecule has 23 heavy (non-hydrogen) atoms. The molecule has 0 saturated carbocycles. The molecule has 0 aromatic heterocycles. The lowest BCUT2D eigenvalue weighted by Gasteiger charge is -2.32. The van der Waals surface area contributed by atoms with Crippen molar-refractivity contribution >= 4 is 6.09 Å². The van der Waals surface area contributed by atoms with Gasteiger partial charge >= 0.3 is 6.09 Å². The smallest absolute Gasteiger partial charge is 0.410 e. The summed E-state index contributed by atoms with van der Waals surface area (Å²) in [6, 6.07) is 0.864. The second-order valence-corrected chi connectivity index (χ2v) is 8.14. The maximum atomic E-state index is 12.3. The zero-order valence-corrected chi connectivity index (χ0v) is 15.8. The van der Waals surface area contributed by atoms with E-state index >= 15 is 0 Å². The zero-order chi connectivity index (χ0) is 17.6. The first kappa shape index (κ1) is 20.2. The summed E-state index contributed by atoms with van der Waals surface area (Å²) in [4.78, 5) is 14.2. The van der Waals surface area contributed by atoms with Crippen LogP contribution in [0.4, 0.5) is 4.79 Å². The first-order valence-electron chi connectivity index (χ1n) is 9.00. The van der Waals surface area contributed by atoms with Gasteiger partial charge in [-0.05, 0) is 59.3 Å². The van der Waals surface area contributed by atoms with Crippen molar-refractivity contribution in [3.63, 3.8) is 0 Å². The lowest BCUT2D eigenvalue weighted by molar-refractivity contribution is 0.0213. The number of aliphatic hydroxyl groups is 1. The van der Waals surface area contributed by atoms with Gasteiger partial charge in [0.25, 0.3) is 0 Å². The van der Waals surface area contributed by atoms with E-state index in [1.54, 1.807) is 0 Å². The fraction of sp³-hybridized carbons (Fsp3) is 0.944. The maximum Gasteiger partial charge on any atom is 0.410 e. The summed E-state index contributed by atoms with van der Waals surface area (Å²) < 4.78 is 5.52. The highest BCUT2D eigenvalue weighted by atomic mass is 16.6. The number of ether oxygens (including phenoxy) is 1. The lowest BCUT2D eigenvalue weighted by atomic mass is 9.98. The van der Waals surface area contributed by atoms with E-state index in [1.165, 1.54) is 0 Å². The number of carbonyl (C=O) groups excluding carboxylic acids is 1. The molecule has 0 aliphatic carbocycles. The third-order valence-corrected chi connectivity index (χ3v) is 4.37. The van der Waals surface area contributed by atoms with Crippen molar-refractivity contribution in [1.82, 2.24) is 10.2 Å². The average molecular weight is 328 g/mol. The molecule has 0 aromatic rings. The highest BCUT2D eigenvalue weighted by Crippen LogP contribution is 2.24. The summed E-state index contributed by atoms with van der Waals surface area (Å²) in [7, 11) is 0. The van der Waals surface area contributed by atoms with Crippen molar-refractivity contribution in [2.24, 2.45) is 5.92 Å². The minimum atomic E-state index is -0.446. The van der Waals surface area contributed by atoms with Crippen LogP contribution in [0.3, 0.4) is 0 Å². The molecule has 3 unspecified atom stereocenters. The van der Waals surface area contributed by atoms with Gasteiger partial charge in [0.2, 0.25) is 0 Å². The first-order chi connectivity index (χ1) is 10.6. The van der Waals surface area contributed by atoms with Crippen LogP contribution < -0.4 is 5.32 Å². The molecule has 0 bridgehead atoms. The van der Waals surface area contributed by atoms with Gasteiger partial charge in [-0.15, -0.1) is 0 Å². The SMILES string of the molecule is CC(CC1CCCN1C(=O)OC(C)(C)C)NC(CCO)C(C)C. The molecular weight excluding hydrogens is 292 g/mol. The molecule has 1 heterocycles. The molecule has 1 saturated heterocycles. The first-order valence-corrected chi connectivity index (χ1v) is 9.00. The molecule has 5 heteroatoms. The van der Waals surface area contributed by atoms with Gasteiger partial charge in [0.15, 0.2) is 0 Å². The fourth-order valence-electron chi connectivity index (χ4n) is 3.23. The van der Waals surface area contributed by atoms with Crippen LogP contribution in [0.2, 0.25) is 0 Å². The predicted octanol–water partition coefficient (Wildman–Crippen LogP) is 3.16. The second-order valence-electron chi connectivity index (χ2n) is 8.14. The number of likely N-dealkylation sites (tertiary alicyclic amines) is 1. The van der Waals surface area contributed by atoms with Crippen molar-refractivity contribution < 1.29 is 14.6 Å². The Morgan fingerprint density at radius 1 is 1.35 bits per heavy atom. The molecule has 136 valence electrons. The highest BCUT2D eigenvalue weighted by Gasteiger charge is 2.33. The number of nitrogens with zero attached hydrogens (tertiary/aromatic N) is 1. The van der Waals surface area contributed by atoms with Gasteiger partial charge in [0.05, 0.1) is 0 Å². The van der Waals surface area contributed by atoms with Gasteiger partial charge in [-0.3, -0.25) is 0 Å². The molecule has 2 N–H and O–H groups in total. The Bertz CT molecular complexity index is 366. The summed E-state index contributed by atoms with van der Waals surface area (Å²) >= 11 is 0. The number of hydrogen-bond acceptors (Lipinski definition) is 4. The van der Waals surface area contributed by atoms with Gasteiger partial charge in [0, 0.05) is 31.3 Å². The van der Waals surface area contributed by atoms with Gasteiger partial charge in [-0.1, -0.05) is 13.8 Å². The van der Waals surface area contributed by atoms with Crippen LogP contribution >= 0.6 is 0 Å². The summed E-state index contributed by atoms with van der Waals surface area (Å²) in [5.41, 5.74) is -0.446. The molecule has 0 aromatic carbocycles. The van der Waals surface area contributed by atoms with E-state index in [0.717, 1.165) is 32.2 Å². The molecule has 1 fully saturated rings. The van der Waals surface area contributed by atoms with E-state index in [2.05, 4.69) is 26.1 Å². The van der Waals surface area contributed by atoms with Gasteiger partial charge in [-0.2, -0.15) is 0 Å². The molecule has 1 amide bonds. The molecule has 3 atom stereocenters. The van der Waals surface area contributed by atoms with E-state index < -0.39 is 5.60 Å². The van der Waals surface area contributed by atoms with Crippen LogP contribution in [0.1, 0.15) is 67.2 Å². The Morgan fingerprint density at radius 2 is 2.00 bits per heavy atom. The standard InChI is InChI=1S/C18H36N2O3/c1-13(2)16(9-11-21)19-14(3)12-15-8-7-10-20(15)17(22)23-18(4,5)6/h13-16,19,21H,7-12H2,1-6H3. The summed E-state index contributed by atoms with van der Waals surface area (Å²) in [6.45, 7) is 13.2. The molecule has 1 aliphatic rings. The Kier molecular flexibility index (Phi) is 7.81. The van der Waals surface area contributed by atoms with Crippen molar-refractivity contribution in [2.75, 3.05) is 13.2 Å². The summed E-state index contributed by atoms with van der Waals surface area (Å²) in [5, 5.41) is 12.8. The summed E-state index contributed by atoms with van der Waals surface area (Å²) in [6.07, 6.45) is 3.58. The third-order valence-electron chi connectivity index (χ3n) is 4.37. The number of rotatable bonds is 7. The van der Waals surface area contributed by atoms with Crippen LogP contribution in [0.5, 0.6) is 0 Å². The highest BCUT2D eigenvalue weighted by molar-refractivity contribution is 5.68. The van der Waals surface area contributed by atoms with E-state index in [0.29, 0.717) is 18.0 Å². The molecule has 0 radical (unpaired) electrons. The average Bonchev–Trinajstić information content (AvgIpc) is 2.84. The number of amides is 1. The molecule has 1 aliphatic heterocycles. The number of aliphatic hydroxyl groups excluding tert-OH is 1. The summed E-state index contributed by atoms with van der Waals surface area (Å²) in [5.74, 6) is 0.482. The maximum absolute atomic E-state index is 12.3. The fourth-order valence-corrected chi connectivity index (χ4v) is 3.23. The van der Waals surface area contributed by atoms with Crippen LogP contribution in [-0.2, 0) is 4.74 Å². The van der Waals surface area contributed by atoms with Crippen molar-refractivity contribution in [3.05, 3.63) is 0 Å². The Labute approximate surface area is 141 Å². The van der Waals surface area contributed by atoms with E-state index in [4.69, 9.17) is 4.74 Å². The van der Waals surface area contributed by atoms with Crippen LogP contribution in [-0.4, -0.2) is 53.0 Å². The Hall–Kier alpha value is -0.810. The Morgan fingerprint density at radius 3 is 2.52 bits per heavy atom. The monoisotopic (exact) mass is 328 g/mol. The molecular formula is C18H36N2O3. The van der Waals surface area contributed by atoms with Crippen LogP contribution in [0.15, 0.2) is 0 Å². The minimum absolute atomic E-state index is 0.192. The van der Waals surface area contributed by atoms with Crippen molar-refractivity contribution in [1.29, 1.82) is 0 Å².